The molecular weight excluding hydrogens is 539 g/mol. The number of ether oxygens (including phenoxy) is 4. The molecule has 0 aliphatic carbocycles. The van der Waals surface area contributed by atoms with E-state index in [1.54, 1.807) is 10.6 Å². The van der Waals surface area contributed by atoms with Crippen LogP contribution in [0.5, 0.6) is 5.75 Å². The Bertz CT molecular complexity index is 1630. The van der Waals surface area contributed by atoms with Gasteiger partial charge in [-0.05, 0) is 23.8 Å². The predicted octanol–water partition coefficient (Wildman–Crippen LogP) is 2.95. The number of carbonyl (C=O) groups excluding carboxylic acids is 1. The molecule has 0 saturated carbocycles. The molecule has 2 aromatic carbocycles. The van der Waals surface area contributed by atoms with Crippen LogP contribution in [0.15, 0.2) is 67.3 Å². The van der Waals surface area contributed by atoms with Crippen LogP contribution in [0.1, 0.15) is 22.1 Å². The molecule has 4 aromatic rings. The molecule has 14 heteroatoms. The van der Waals surface area contributed by atoms with Gasteiger partial charge in [-0.15, -0.1) is 0 Å². The van der Waals surface area contributed by atoms with Crippen molar-refractivity contribution in [1.29, 1.82) is 0 Å². The molecule has 0 radical (unpaired) electrons. The summed E-state index contributed by atoms with van der Waals surface area (Å²) in [5.74, 6) is -2.45. The normalized spacial score (nSPS) is 23.6. The van der Waals surface area contributed by atoms with E-state index in [9.17, 15) is 19.1 Å². The van der Waals surface area contributed by atoms with Crippen molar-refractivity contribution in [2.45, 2.75) is 30.8 Å². The van der Waals surface area contributed by atoms with Gasteiger partial charge in [-0.25, -0.2) is 28.9 Å². The molecule has 6 rings (SSSR count). The van der Waals surface area contributed by atoms with Crippen molar-refractivity contribution in [2.24, 2.45) is 5.73 Å². The number of imidazole rings is 1. The Morgan fingerprint density at radius 2 is 1.88 bits per heavy atom. The van der Waals surface area contributed by atoms with Crippen LogP contribution in [0.4, 0.5) is 15.0 Å². The Morgan fingerprint density at radius 1 is 1.07 bits per heavy atom. The third kappa shape index (κ3) is 5.18. The lowest BCUT2D eigenvalue weighted by molar-refractivity contribution is -0.131. The van der Waals surface area contributed by atoms with Crippen LogP contribution in [-0.4, -0.2) is 67.8 Å². The molecule has 5 atom stereocenters. The molecule has 13 nitrogen and oxygen atoms in total. The van der Waals surface area contributed by atoms with Crippen LogP contribution >= 0.6 is 0 Å². The number of amides is 2. The highest BCUT2D eigenvalue weighted by Gasteiger charge is 2.53. The highest BCUT2D eigenvalue weighted by molar-refractivity contribution is 5.95. The van der Waals surface area contributed by atoms with Crippen molar-refractivity contribution in [1.82, 2.24) is 19.5 Å². The Kier molecular flexibility index (Phi) is 7.01. The first-order valence-electron chi connectivity index (χ1n) is 12.5. The lowest BCUT2D eigenvalue weighted by Gasteiger charge is -2.21. The maximum Gasteiger partial charge on any atom is 0.339 e. The number of nitrogens with zero attached hydrogens (tertiary/aromatic N) is 4. The second-order valence-corrected chi connectivity index (χ2v) is 9.17. The number of nitrogens with one attached hydrogen (secondary N) is 1. The topological polar surface area (TPSA) is 173 Å². The average Bonchev–Trinajstić information content (AvgIpc) is 3.66. The highest BCUT2D eigenvalue weighted by Crippen LogP contribution is 2.41. The number of benzene rings is 2. The smallest absolute Gasteiger partial charge is 0.339 e. The number of carbonyl (C=O) groups is 2. The van der Waals surface area contributed by atoms with E-state index in [4.69, 9.17) is 24.7 Å². The largest absolute Gasteiger partial charge is 0.487 e. The van der Waals surface area contributed by atoms with Gasteiger partial charge in [0.15, 0.2) is 41.1 Å². The van der Waals surface area contributed by atoms with Crippen molar-refractivity contribution in [2.75, 3.05) is 11.9 Å². The van der Waals surface area contributed by atoms with Crippen LogP contribution in [0.3, 0.4) is 0 Å². The lowest BCUT2D eigenvalue weighted by atomic mass is 10.1. The molecule has 0 bridgehead atoms. The summed E-state index contributed by atoms with van der Waals surface area (Å²) in [5.41, 5.74) is 6.46. The molecule has 41 heavy (non-hydrogen) atoms. The van der Waals surface area contributed by atoms with Crippen molar-refractivity contribution in [3.63, 3.8) is 0 Å². The van der Waals surface area contributed by atoms with Gasteiger partial charge in [-0.2, -0.15) is 0 Å². The van der Waals surface area contributed by atoms with Crippen LogP contribution in [0.2, 0.25) is 0 Å². The molecule has 0 spiro atoms. The number of urea groups is 1. The Balaban J connectivity index is 1.30. The number of carboxylic acids is 1. The number of hydrogen-bond acceptors (Lipinski definition) is 9. The summed E-state index contributed by atoms with van der Waals surface area (Å²) < 4.78 is 40.4. The second kappa shape index (κ2) is 10.9. The first-order chi connectivity index (χ1) is 19.9. The molecule has 210 valence electrons. The Morgan fingerprint density at radius 3 is 2.66 bits per heavy atom. The fraction of sp³-hybridized carbons (Fsp3) is 0.222. The number of halogens is 1. The van der Waals surface area contributed by atoms with E-state index in [-0.39, 0.29) is 23.5 Å². The average molecular weight is 563 g/mol. The summed E-state index contributed by atoms with van der Waals surface area (Å²) in [7, 11) is 0. The van der Waals surface area contributed by atoms with Gasteiger partial charge in [0.05, 0.1) is 6.33 Å². The monoisotopic (exact) mass is 562 g/mol. The standard InChI is InChI=1S/C27H23FN6O7/c28-16-8-4-7-15(26(35)36)20(16)38-11-17-21-22(41-18(40-21)10-9-14-5-2-1-3-6-14)25(39-17)34-13-32-19-23(33-27(29)37)30-12-31-24(19)34/h1-10,12-13,17-18,21-22,25H,11H2,(H,35,36)(H3,29,30,31,33,37)/b10-9+/t17?,18-,21?,22?,25?/m0/s1. The van der Waals surface area contributed by atoms with Gasteiger partial charge in [-0.3, -0.25) is 9.88 Å². The highest BCUT2D eigenvalue weighted by atomic mass is 19.1. The second-order valence-electron chi connectivity index (χ2n) is 9.17. The summed E-state index contributed by atoms with van der Waals surface area (Å²) in [6.07, 6.45) is 2.54. The molecular formula is C27H23FN6O7. The third-order valence-electron chi connectivity index (χ3n) is 6.58. The van der Waals surface area contributed by atoms with E-state index in [1.165, 1.54) is 24.8 Å². The van der Waals surface area contributed by atoms with E-state index < -0.39 is 54.4 Å². The summed E-state index contributed by atoms with van der Waals surface area (Å²) in [6.45, 7) is -0.243. The number of aromatic carboxylic acids is 1. The van der Waals surface area contributed by atoms with Crippen molar-refractivity contribution in [3.05, 3.63) is 84.2 Å². The number of primary amides is 1. The SMILES string of the molecule is NC(=O)Nc1ncnc2c1ncn2C1OC(COc2c(F)cccc2C(=O)O)C2O[C@H](/C=C/c3ccccc3)OC21. The number of carboxylic acid groups (broad SMARTS) is 1. The van der Waals surface area contributed by atoms with Crippen molar-refractivity contribution < 1.29 is 38.0 Å². The first-order valence-corrected chi connectivity index (χ1v) is 12.5. The van der Waals surface area contributed by atoms with Gasteiger partial charge >= 0.3 is 12.0 Å². The number of para-hydroxylation sites is 1. The summed E-state index contributed by atoms with van der Waals surface area (Å²) in [6, 6.07) is 12.4. The zero-order valence-electron chi connectivity index (χ0n) is 21.2. The minimum Gasteiger partial charge on any atom is -0.487 e. The maximum atomic E-state index is 14.5. The molecule has 2 saturated heterocycles. The van der Waals surface area contributed by atoms with Gasteiger partial charge in [0.1, 0.15) is 36.8 Å². The van der Waals surface area contributed by atoms with E-state index >= 15 is 0 Å². The molecule has 2 amide bonds. The molecule has 4 N–H and O–H groups in total. The molecule has 2 aromatic heterocycles. The van der Waals surface area contributed by atoms with E-state index in [0.29, 0.717) is 5.65 Å². The van der Waals surface area contributed by atoms with E-state index in [2.05, 4.69) is 20.3 Å². The Labute approximate surface area is 231 Å². The number of anilines is 1. The predicted molar refractivity (Wildman–Crippen MR) is 140 cm³/mol. The van der Waals surface area contributed by atoms with E-state index in [1.807, 2.05) is 36.4 Å². The summed E-state index contributed by atoms with van der Waals surface area (Å²) >= 11 is 0. The maximum absolute atomic E-state index is 14.5. The first kappa shape index (κ1) is 26.3. The van der Waals surface area contributed by atoms with Crippen molar-refractivity contribution in [3.8, 4) is 5.75 Å². The van der Waals surface area contributed by atoms with Gasteiger partial charge < -0.3 is 29.8 Å². The van der Waals surface area contributed by atoms with Crippen LogP contribution in [-0.2, 0) is 14.2 Å². The molecule has 2 aliphatic rings. The summed E-state index contributed by atoms with van der Waals surface area (Å²) in [4.78, 5) is 35.7. The fourth-order valence-corrected chi connectivity index (χ4v) is 4.80. The van der Waals surface area contributed by atoms with Crippen LogP contribution in [0.25, 0.3) is 17.2 Å². The fourth-order valence-electron chi connectivity index (χ4n) is 4.80. The van der Waals surface area contributed by atoms with Gasteiger partial charge in [0.2, 0.25) is 0 Å². The molecule has 4 heterocycles. The van der Waals surface area contributed by atoms with Crippen molar-refractivity contribution >= 4 is 35.1 Å². The summed E-state index contributed by atoms with van der Waals surface area (Å²) in [5, 5.41) is 11.9. The quantitative estimate of drug-likeness (QED) is 0.290. The molecule has 2 aliphatic heterocycles. The van der Waals surface area contributed by atoms with Gasteiger partial charge in [0.25, 0.3) is 0 Å². The zero-order chi connectivity index (χ0) is 28.5. The van der Waals surface area contributed by atoms with Crippen LogP contribution < -0.4 is 15.8 Å². The zero-order valence-corrected chi connectivity index (χ0v) is 21.2. The minimum atomic E-state index is -1.33. The number of nitrogens with two attached hydrogens (primary N) is 1. The lowest BCUT2D eigenvalue weighted by Crippen LogP contribution is -2.33. The number of rotatable bonds is 8. The third-order valence-corrected chi connectivity index (χ3v) is 6.58. The Hall–Kier alpha value is -4.92. The number of hydrogen-bond donors (Lipinski definition) is 3. The van der Waals surface area contributed by atoms with Gasteiger partial charge in [-0.1, -0.05) is 42.5 Å². The van der Waals surface area contributed by atoms with Gasteiger partial charge in [0, 0.05) is 0 Å². The molecule has 4 unspecified atom stereocenters. The molecule has 2 fully saturated rings. The van der Waals surface area contributed by atoms with Crippen LogP contribution in [0, 0.1) is 5.82 Å². The number of aromatic nitrogens is 4. The minimum absolute atomic E-state index is 0.115. The van der Waals surface area contributed by atoms with E-state index in [0.717, 1.165) is 11.6 Å². The number of fused-ring (bicyclic) bond motifs is 2.